The van der Waals surface area contributed by atoms with E-state index in [0.717, 1.165) is 27.1 Å². The van der Waals surface area contributed by atoms with E-state index in [9.17, 15) is 0 Å². The molecule has 0 amide bonds. The van der Waals surface area contributed by atoms with E-state index in [1.807, 2.05) is 18.2 Å². The van der Waals surface area contributed by atoms with E-state index in [1.165, 1.54) is 0 Å². The van der Waals surface area contributed by atoms with Crippen molar-refractivity contribution in [3.8, 4) is 22.9 Å². The second-order valence-electron chi connectivity index (χ2n) is 4.14. The van der Waals surface area contributed by atoms with Crippen molar-refractivity contribution in [3.05, 3.63) is 28.0 Å². The lowest BCUT2D eigenvalue weighted by atomic mass is 10.2. The first kappa shape index (κ1) is 12.5. The monoisotopic (exact) mass is 369 g/mol. The van der Waals surface area contributed by atoms with Crippen molar-refractivity contribution in [2.75, 3.05) is 18.9 Å². The van der Waals surface area contributed by atoms with Crippen LogP contribution in [0.2, 0.25) is 0 Å². The summed E-state index contributed by atoms with van der Waals surface area (Å²) >= 11 is 2.11. The average Bonchev–Trinajstić information content (AvgIpc) is 2.66. The Morgan fingerprint density at radius 3 is 2.74 bits per heavy atom. The summed E-state index contributed by atoms with van der Waals surface area (Å²) in [5.74, 6) is 2.57. The predicted octanol–water partition coefficient (Wildman–Crippen LogP) is 2.49. The Balaban J connectivity index is 2.01. The largest absolute Gasteiger partial charge is 0.490 e. The highest BCUT2D eigenvalue weighted by atomic mass is 127. The number of fused-ring (bicyclic) bond motifs is 1. The van der Waals surface area contributed by atoms with Crippen LogP contribution in [-0.2, 0) is 0 Å². The number of nitrogens with two attached hydrogens (primary N) is 1. The van der Waals surface area contributed by atoms with Crippen LogP contribution in [0.3, 0.4) is 0 Å². The summed E-state index contributed by atoms with van der Waals surface area (Å²) in [4.78, 5) is 8.56. The first-order valence-electron chi connectivity index (χ1n) is 5.92. The van der Waals surface area contributed by atoms with E-state index in [-0.39, 0.29) is 0 Å². The van der Waals surface area contributed by atoms with Gasteiger partial charge in [0.05, 0.1) is 16.8 Å². The van der Waals surface area contributed by atoms with Crippen LogP contribution in [0.4, 0.5) is 5.82 Å². The third kappa shape index (κ3) is 2.58. The minimum Gasteiger partial charge on any atom is -0.490 e. The zero-order chi connectivity index (χ0) is 13.2. The topological polar surface area (TPSA) is 70.3 Å². The molecule has 19 heavy (non-hydrogen) atoms. The van der Waals surface area contributed by atoms with Crippen LogP contribution >= 0.6 is 22.6 Å². The molecule has 0 saturated heterocycles. The molecule has 2 heterocycles. The van der Waals surface area contributed by atoms with Crippen molar-refractivity contribution < 1.29 is 9.47 Å². The number of ether oxygens (including phenoxy) is 2. The maximum absolute atomic E-state index is 5.81. The van der Waals surface area contributed by atoms with E-state index in [1.54, 1.807) is 6.20 Å². The molecule has 5 nitrogen and oxygen atoms in total. The summed E-state index contributed by atoms with van der Waals surface area (Å²) in [5.41, 5.74) is 6.67. The van der Waals surface area contributed by atoms with E-state index >= 15 is 0 Å². The number of benzene rings is 1. The van der Waals surface area contributed by atoms with Gasteiger partial charge in [-0.2, -0.15) is 0 Å². The van der Waals surface area contributed by atoms with Gasteiger partial charge in [-0.1, -0.05) is 0 Å². The fraction of sp³-hybridized carbons (Fsp3) is 0.231. The van der Waals surface area contributed by atoms with Gasteiger partial charge in [0.1, 0.15) is 5.82 Å². The van der Waals surface area contributed by atoms with Gasteiger partial charge in [0.2, 0.25) is 0 Å². The van der Waals surface area contributed by atoms with Gasteiger partial charge in [-0.05, 0) is 40.8 Å². The molecule has 1 aromatic carbocycles. The number of aromatic nitrogens is 2. The van der Waals surface area contributed by atoms with Crippen LogP contribution in [0.15, 0.2) is 24.4 Å². The number of hydrogen-bond donors (Lipinski definition) is 1. The molecule has 1 aliphatic rings. The number of nitrogen functional groups attached to an aromatic ring is 1. The molecule has 0 spiro atoms. The Kier molecular flexibility index (Phi) is 3.41. The van der Waals surface area contributed by atoms with Crippen LogP contribution in [-0.4, -0.2) is 23.2 Å². The van der Waals surface area contributed by atoms with Gasteiger partial charge in [0, 0.05) is 18.2 Å². The predicted molar refractivity (Wildman–Crippen MR) is 80.2 cm³/mol. The van der Waals surface area contributed by atoms with E-state index in [0.29, 0.717) is 24.9 Å². The van der Waals surface area contributed by atoms with E-state index in [4.69, 9.17) is 15.2 Å². The van der Waals surface area contributed by atoms with Crippen molar-refractivity contribution >= 4 is 28.4 Å². The van der Waals surface area contributed by atoms with Crippen molar-refractivity contribution in [3.63, 3.8) is 0 Å². The Morgan fingerprint density at radius 2 is 1.95 bits per heavy atom. The molecule has 0 aliphatic carbocycles. The van der Waals surface area contributed by atoms with Crippen LogP contribution in [0, 0.1) is 3.57 Å². The van der Waals surface area contributed by atoms with Crippen molar-refractivity contribution in [2.24, 2.45) is 0 Å². The zero-order valence-corrected chi connectivity index (χ0v) is 12.3. The lowest BCUT2D eigenvalue weighted by Crippen LogP contribution is -1.99. The van der Waals surface area contributed by atoms with Gasteiger partial charge >= 0.3 is 0 Å². The molecule has 2 N–H and O–H groups in total. The van der Waals surface area contributed by atoms with Gasteiger partial charge in [-0.25, -0.2) is 9.97 Å². The van der Waals surface area contributed by atoms with Crippen molar-refractivity contribution in [1.29, 1.82) is 0 Å². The Bertz CT molecular complexity index is 619. The molecule has 0 fully saturated rings. The second-order valence-corrected chi connectivity index (χ2v) is 5.30. The molecule has 0 saturated carbocycles. The molecule has 98 valence electrons. The lowest BCUT2D eigenvalue weighted by molar-refractivity contribution is 0.297. The molecule has 0 unspecified atom stereocenters. The summed E-state index contributed by atoms with van der Waals surface area (Å²) in [6, 6.07) is 5.69. The summed E-state index contributed by atoms with van der Waals surface area (Å²) in [5, 5.41) is 0. The normalized spacial score (nSPS) is 13.9. The maximum Gasteiger partial charge on any atom is 0.161 e. The maximum atomic E-state index is 5.81. The minimum atomic E-state index is 0.484. The molecule has 6 heteroatoms. The molecule has 0 atom stereocenters. The number of nitrogens with zero attached hydrogens (tertiary/aromatic N) is 2. The SMILES string of the molecule is Nc1nc(-c2ccc3c(c2)OCCCO3)ncc1I. The molecule has 0 radical (unpaired) electrons. The summed E-state index contributed by atoms with van der Waals surface area (Å²) in [6.45, 7) is 1.34. The third-order valence-corrected chi connectivity index (χ3v) is 3.61. The molecule has 3 rings (SSSR count). The van der Waals surface area contributed by atoms with Crippen LogP contribution in [0.25, 0.3) is 11.4 Å². The Labute approximate surface area is 124 Å². The second kappa shape index (κ2) is 5.20. The fourth-order valence-corrected chi connectivity index (χ4v) is 2.08. The number of hydrogen-bond acceptors (Lipinski definition) is 5. The van der Waals surface area contributed by atoms with Gasteiger partial charge in [0.25, 0.3) is 0 Å². The van der Waals surface area contributed by atoms with Crippen molar-refractivity contribution in [1.82, 2.24) is 9.97 Å². The number of anilines is 1. The minimum absolute atomic E-state index is 0.484. The fourth-order valence-electron chi connectivity index (χ4n) is 1.82. The van der Waals surface area contributed by atoms with Crippen molar-refractivity contribution in [2.45, 2.75) is 6.42 Å². The third-order valence-electron chi connectivity index (χ3n) is 2.78. The summed E-state index contributed by atoms with van der Waals surface area (Å²) < 4.78 is 12.1. The highest BCUT2D eigenvalue weighted by Gasteiger charge is 2.13. The first-order chi connectivity index (χ1) is 9.24. The van der Waals surface area contributed by atoms with Crippen LogP contribution in [0.5, 0.6) is 11.5 Å². The quantitative estimate of drug-likeness (QED) is 0.783. The molecule has 0 bridgehead atoms. The highest BCUT2D eigenvalue weighted by molar-refractivity contribution is 14.1. The van der Waals surface area contributed by atoms with Gasteiger partial charge < -0.3 is 15.2 Å². The lowest BCUT2D eigenvalue weighted by Gasteiger charge is -2.09. The molecule has 2 aromatic rings. The standard InChI is InChI=1S/C13H12IN3O2/c14-9-7-16-13(17-12(9)15)8-2-3-10-11(6-8)19-5-1-4-18-10/h2-3,6-7H,1,4-5H2,(H2,15,16,17). The van der Waals surface area contributed by atoms with Crippen LogP contribution in [0.1, 0.15) is 6.42 Å². The van der Waals surface area contributed by atoms with Gasteiger partial charge in [-0.3, -0.25) is 0 Å². The zero-order valence-electron chi connectivity index (χ0n) is 10.1. The highest BCUT2D eigenvalue weighted by Crippen LogP contribution is 2.33. The summed E-state index contributed by atoms with van der Waals surface area (Å²) in [6.07, 6.45) is 2.60. The number of rotatable bonds is 1. The van der Waals surface area contributed by atoms with Gasteiger partial charge in [0.15, 0.2) is 17.3 Å². The van der Waals surface area contributed by atoms with E-state index in [2.05, 4.69) is 32.6 Å². The molecule has 1 aromatic heterocycles. The smallest absolute Gasteiger partial charge is 0.161 e. The molecular formula is C13H12IN3O2. The Morgan fingerprint density at radius 1 is 1.16 bits per heavy atom. The van der Waals surface area contributed by atoms with Gasteiger partial charge in [-0.15, -0.1) is 0 Å². The first-order valence-corrected chi connectivity index (χ1v) is 7.00. The average molecular weight is 369 g/mol. The molecule has 1 aliphatic heterocycles. The molecular weight excluding hydrogens is 357 g/mol. The summed E-state index contributed by atoms with van der Waals surface area (Å²) in [7, 11) is 0. The van der Waals surface area contributed by atoms with E-state index < -0.39 is 0 Å². The Hall–Kier alpha value is -1.57. The number of halogens is 1. The van der Waals surface area contributed by atoms with Crippen LogP contribution < -0.4 is 15.2 Å².